The molecule has 1 amide bonds. The van der Waals surface area contributed by atoms with Crippen LogP contribution in [0.2, 0.25) is 10.0 Å². The van der Waals surface area contributed by atoms with Crippen LogP contribution < -0.4 is 5.32 Å². The minimum atomic E-state index is -0.430. The van der Waals surface area contributed by atoms with Gasteiger partial charge in [0, 0.05) is 10.6 Å². The number of rotatable bonds is 2. The average Bonchev–Trinajstić information content (AvgIpc) is 2.87. The summed E-state index contributed by atoms with van der Waals surface area (Å²) >= 11 is 11.7. The predicted molar refractivity (Wildman–Crippen MR) is 81.6 cm³/mol. The summed E-state index contributed by atoms with van der Waals surface area (Å²) in [4.78, 5) is 20.2. The molecule has 0 bridgehead atoms. The predicted octanol–water partition coefficient (Wildman–Crippen LogP) is 2.70. The maximum atomic E-state index is 12.1. The maximum Gasteiger partial charge on any atom is 0.258 e. The van der Waals surface area contributed by atoms with Crippen molar-refractivity contribution in [2.75, 3.05) is 5.32 Å². The van der Waals surface area contributed by atoms with E-state index in [0.29, 0.717) is 16.3 Å². The van der Waals surface area contributed by atoms with E-state index in [9.17, 15) is 9.90 Å². The van der Waals surface area contributed by atoms with Crippen LogP contribution in [0.3, 0.4) is 0 Å². The molecular formula is C13H9Cl2N5O2. The summed E-state index contributed by atoms with van der Waals surface area (Å²) in [5.41, 5.74) is 0.768. The number of carbonyl (C=O) groups excluding carboxylic acids is 1. The largest absolute Gasteiger partial charge is 0.492 e. The Kier molecular flexibility index (Phi) is 3.59. The third-order valence-electron chi connectivity index (χ3n) is 2.88. The number of anilines is 1. The summed E-state index contributed by atoms with van der Waals surface area (Å²) in [6, 6.07) is 6.44. The highest BCUT2D eigenvalue weighted by Crippen LogP contribution is 2.26. The van der Waals surface area contributed by atoms with Crippen molar-refractivity contribution in [2.24, 2.45) is 0 Å². The molecule has 7 nitrogen and oxygen atoms in total. The molecule has 3 rings (SSSR count). The Labute approximate surface area is 134 Å². The minimum Gasteiger partial charge on any atom is -0.492 e. The summed E-state index contributed by atoms with van der Waals surface area (Å²) in [6.45, 7) is 1.63. The van der Waals surface area contributed by atoms with E-state index in [2.05, 4.69) is 20.4 Å². The Balaban J connectivity index is 1.95. The monoisotopic (exact) mass is 337 g/mol. The van der Waals surface area contributed by atoms with E-state index < -0.39 is 5.91 Å². The molecule has 0 aliphatic heterocycles. The van der Waals surface area contributed by atoms with Crippen LogP contribution in [0, 0.1) is 6.92 Å². The Bertz CT molecular complexity index is 894. The number of nitrogens with one attached hydrogen (secondary N) is 1. The molecule has 22 heavy (non-hydrogen) atoms. The number of hydrogen-bond acceptors (Lipinski definition) is 5. The van der Waals surface area contributed by atoms with Crippen molar-refractivity contribution < 1.29 is 9.90 Å². The fraction of sp³-hybridized carbons (Fsp3) is 0.0769. The van der Waals surface area contributed by atoms with Crippen LogP contribution in [-0.2, 0) is 0 Å². The second-order valence-corrected chi connectivity index (χ2v) is 5.26. The lowest BCUT2D eigenvalue weighted by atomic mass is 10.2. The summed E-state index contributed by atoms with van der Waals surface area (Å²) in [5.74, 6) is -0.601. The number of benzene rings is 1. The summed E-state index contributed by atoms with van der Waals surface area (Å²) < 4.78 is 1.04. The van der Waals surface area contributed by atoms with Gasteiger partial charge in [-0.1, -0.05) is 29.3 Å². The second kappa shape index (κ2) is 5.43. The first-order chi connectivity index (χ1) is 10.5. The second-order valence-electron chi connectivity index (χ2n) is 4.45. The SMILES string of the molecule is Cc1nc2nc(NC(=O)c3cccc(Cl)c3)nn2c(O)c1Cl. The van der Waals surface area contributed by atoms with Gasteiger partial charge in [0.05, 0.1) is 5.69 Å². The molecule has 112 valence electrons. The molecule has 0 unspecified atom stereocenters. The van der Waals surface area contributed by atoms with Crippen molar-refractivity contribution in [3.05, 3.63) is 45.6 Å². The lowest BCUT2D eigenvalue weighted by Crippen LogP contribution is -2.13. The molecule has 1 aromatic carbocycles. The molecule has 0 spiro atoms. The molecule has 2 heterocycles. The first kappa shape index (κ1) is 14.6. The highest BCUT2D eigenvalue weighted by molar-refractivity contribution is 6.32. The highest BCUT2D eigenvalue weighted by atomic mass is 35.5. The number of halogens is 2. The van der Waals surface area contributed by atoms with E-state index >= 15 is 0 Å². The van der Waals surface area contributed by atoms with E-state index in [1.54, 1.807) is 25.1 Å². The van der Waals surface area contributed by atoms with E-state index in [1.165, 1.54) is 6.07 Å². The fourth-order valence-electron chi connectivity index (χ4n) is 1.83. The number of hydrogen-bond donors (Lipinski definition) is 2. The van der Waals surface area contributed by atoms with Gasteiger partial charge in [0.25, 0.3) is 17.6 Å². The van der Waals surface area contributed by atoms with E-state index in [0.717, 1.165) is 4.52 Å². The number of aromatic nitrogens is 4. The van der Waals surface area contributed by atoms with Crippen LogP contribution in [0.1, 0.15) is 16.1 Å². The molecule has 0 aliphatic carbocycles. The molecular weight excluding hydrogens is 329 g/mol. The van der Waals surface area contributed by atoms with E-state index in [1.807, 2.05) is 0 Å². The quantitative estimate of drug-likeness (QED) is 0.749. The molecule has 3 aromatic rings. The van der Waals surface area contributed by atoms with Crippen LogP contribution in [0.5, 0.6) is 5.88 Å². The first-order valence-electron chi connectivity index (χ1n) is 6.14. The van der Waals surface area contributed by atoms with Gasteiger partial charge in [-0.25, -0.2) is 4.98 Å². The van der Waals surface area contributed by atoms with Gasteiger partial charge in [0.1, 0.15) is 5.02 Å². The number of carbonyl (C=O) groups is 1. The lowest BCUT2D eigenvalue weighted by Gasteiger charge is -2.01. The van der Waals surface area contributed by atoms with Gasteiger partial charge in [-0.15, -0.1) is 5.10 Å². The number of aromatic hydroxyl groups is 1. The van der Waals surface area contributed by atoms with Crippen molar-refractivity contribution in [1.82, 2.24) is 19.6 Å². The minimum absolute atomic E-state index is 0.00515. The Hall–Kier alpha value is -2.38. The van der Waals surface area contributed by atoms with Crippen molar-refractivity contribution >= 4 is 40.8 Å². The van der Waals surface area contributed by atoms with Crippen LogP contribution in [0.4, 0.5) is 5.95 Å². The van der Waals surface area contributed by atoms with Gasteiger partial charge in [-0.2, -0.15) is 9.50 Å². The van der Waals surface area contributed by atoms with Gasteiger partial charge >= 0.3 is 0 Å². The average molecular weight is 338 g/mol. The molecule has 0 saturated heterocycles. The Morgan fingerprint density at radius 1 is 1.32 bits per heavy atom. The molecule has 9 heteroatoms. The molecule has 2 aromatic heterocycles. The van der Waals surface area contributed by atoms with Crippen LogP contribution in [0.15, 0.2) is 24.3 Å². The molecule has 2 N–H and O–H groups in total. The molecule has 0 aliphatic rings. The van der Waals surface area contributed by atoms with E-state index in [4.69, 9.17) is 23.2 Å². The number of fused-ring (bicyclic) bond motifs is 1. The third kappa shape index (κ3) is 2.56. The third-order valence-corrected chi connectivity index (χ3v) is 3.56. The molecule has 0 saturated carbocycles. The fourth-order valence-corrected chi connectivity index (χ4v) is 2.14. The zero-order valence-corrected chi connectivity index (χ0v) is 12.7. The highest BCUT2D eigenvalue weighted by Gasteiger charge is 2.16. The number of aryl methyl sites for hydroxylation is 1. The smallest absolute Gasteiger partial charge is 0.258 e. The van der Waals surface area contributed by atoms with E-state index in [-0.39, 0.29) is 22.6 Å². The van der Waals surface area contributed by atoms with Crippen molar-refractivity contribution in [3.8, 4) is 5.88 Å². The summed E-state index contributed by atoms with van der Waals surface area (Å²) in [7, 11) is 0. The van der Waals surface area contributed by atoms with Crippen molar-refractivity contribution in [2.45, 2.75) is 6.92 Å². The topological polar surface area (TPSA) is 92.4 Å². The lowest BCUT2D eigenvalue weighted by molar-refractivity contribution is 0.102. The van der Waals surface area contributed by atoms with Gasteiger partial charge in [-0.3, -0.25) is 10.1 Å². The van der Waals surface area contributed by atoms with Gasteiger partial charge < -0.3 is 5.11 Å². The maximum absolute atomic E-state index is 12.1. The van der Waals surface area contributed by atoms with Gasteiger partial charge in [0.15, 0.2) is 0 Å². The van der Waals surface area contributed by atoms with Crippen LogP contribution in [-0.4, -0.2) is 30.6 Å². The summed E-state index contributed by atoms with van der Waals surface area (Å²) in [6.07, 6.45) is 0. The molecule has 0 atom stereocenters. The van der Waals surface area contributed by atoms with Gasteiger partial charge in [-0.05, 0) is 25.1 Å². The number of nitrogens with zero attached hydrogens (tertiary/aromatic N) is 4. The standard InChI is InChI=1S/C13H9Cl2N5O2/c1-6-9(15)11(22)20-13(16-6)18-12(19-20)17-10(21)7-3-2-4-8(14)5-7/h2-5,22H,1H3,(H,17,19,21). The summed E-state index contributed by atoms with van der Waals surface area (Å²) in [5, 5.41) is 16.9. The molecule has 0 radical (unpaired) electrons. The normalized spacial score (nSPS) is 10.9. The Morgan fingerprint density at radius 2 is 2.09 bits per heavy atom. The molecule has 0 fully saturated rings. The van der Waals surface area contributed by atoms with Gasteiger partial charge in [0.2, 0.25) is 5.88 Å². The van der Waals surface area contributed by atoms with Crippen molar-refractivity contribution in [3.63, 3.8) is 0 Å². The number of amides is 1. The van der Waals surface area contributed by atoms with Crippen LogP contribution >= 0.6 is 23.2 Å². The first-order valence-corrected chi connectivity index (χ1v) is 6.90. The zero-order valence-electron chi connectivity index (χ0n) is 11.2. The zero-order chi connectivity index (χ0) is 15.9. The van der Waals surface area contributed by atoms with Crippen LogP contribution in [0.25, 0.3) is 5.78 Å². The Morgan fingerprint density at radius 3 is 2.82 bits per heavy atom. The van der Waals surface area contributed by atoms with Crippen molar-refractivity contribution in [1.29, 1.82) is 0 Å².